The molecule has 1 amide bonds. The van der Waals surface area contributed by atoms with Crippen LogP contribution in [-0.4, -0.2) is 43.5 Å². The molecule has 0 saturated heterocycles. The highest BCUT2D eigenvalue weighted by Gasteiger charge is 2.24. The van der Waals surface area contributed by atoms with Gasteiger partial charge in [-0.25, -0.2) is 8.42 Å². The fourth-order valence-electron chi connectivity index (χ4n) is 2.87. The SMILES string of the molecule is CS(=O)(=O)N1CCCc2cc(C(=O)NCCn3cccn3)ccc21. The van der Waals surface area contributed by atoms with Gasteiger partial charge in [0.05, 0.1) is 18.5 Å². The van der Waals surface area contributed by atoms with Gasteiger partial charge in [0.25, 0.3) is 5.91 Å². The first kappa shape index (κ1) is 16.5. The van der Waals surface area contributed by atoms with Crippen LogP contribution in [0.3, 0.4) is 0 Å². The molecule has 2 heterocycles. The zero-order chi connectivity index (χ0) is 17.2. The first-order chi connectivity index (χ1) is 11.4. The number of aryl methyl sites for hydroxylation is 1. The van der Waals surface area contributed by atoms with Crippen molar-refractivity contribution in [2.75, 3.05) is 23.7 Å². The number of sulfonamides is 1. The molecule has 7 nitrogen and oxygen atoms in total. The smallest absolute Gasteiger partial charge is 0.251 e. The summed E-state index contributed by atoms with van der Waals surface area (Å²) in [5.41, 5.74) is 2.12. The molecule has 0 radical (unpaired) electrons. The number of benzene rings is 1. The number of carbonyl (C=O) groups excluding carboxylic acids is 1. The molecule has 128 valence electrons. The van der Waals surface area contributed by atoms with Crippen molar-refractivity contribution in [1.82, 2.24) is 15.1 Å². The molecule has 2 aromatic rings. The third kappa shape index (κ3) is 3.59. The van der Waals surface area contributed by atoms with E-state index in [2.05, 4.69) is 10.4 Å². The van der Waals surface area contributed by atoms with Crippen LogP contribution in [0.1, 0.15) is 22.3 Å². The number of nitrogens with one attached hydrogen (secondary N) is 1. The molecular weight excluding hydrogens is 328 g/mol. The van der Waals surface area contributed by atoms with Crippen LogP contribution >= 0.6 is 0 Å². The van der Waals surface area contributed by atoms with Gasteiger partial charge in [-0.1, -0.05) is 0 Å². The minimum Gasteiger partial charge on any atom is -0.350 e. The fraction of sp³-hybridized carbons (Fsp3) is 0.375. The topological polar surface area (TPSA) is 84.3 Å². The number of fused-ring (bicyclic) bond motifs is 1. The number of anilines is 1. The zero-order valence-electron chi connectivity index (χ0n) is 13.5. The number of aromatic nitrogens is 2. The zero-order valence-corrected chi connectivity index (χ0v) is 14.3. The monoisotopic (exact) mass is 348 g/mol. The molecule has 24 heavy (non-hydrogen) atoms. The lowest BCUT2D eigenvalue weighted by Crippen LogP contribution is -2.35. The second-order valence-electron chi connectivity index (χ2n) is 5.81. The van der Waals surface area contributed by atoms with E-state index in [1.807, 2.05) is 12.3 Å². The largest absolute Gasteiger partial charge is 0.350 e. The molecule has 0 bridgehead atoms. The van der Waals surface area contributed by atoms with E-state index in [9.17, 15) is 13.2 Å². The number of amides is 1. The molecule has 1 aliphatic heterocycles. The minimum atomic E-state index is -3.29. The summed E-state index contributed by atoms with van der Waals surface area (Å²) in [5, 5.41) is 6.93. The van der Waals surface area contributed by atoms with Crippen LogP contribution in [0.25, 0.3) is 0 Å². The van der Waals surface area contributed by atoms with E-state index in [-0.39, 0.29) is 5.91 Å². The van der Waals surface area contributed by atoms with Gasteiger partial charge in [-0.05, 0) is 42.7 Å². The summed E-state index contributed by atoms with van der Waals surface area (Å²) < 4.78 is 26.9. The maximum absolute atomic E-state index is 12.3. The average molecular weight is 348 g/mol. The van der Waals surface area contributed by atoms with Gasteiger partial charge in [-0.15, -0.1) is 0 Å². The first-order valence-corrected chi connectivity index (χ1v) is 9.66. The van der Waals surface area contributed by atoms with Crippen LogP contribution in [-0.2, 0) is 23.0 Å². The van der Waals surface area contributed by atoms with E-state index in [4.69, 9.17) is 0 Å². The van der Waals surface area contributed by atoms with Crippen LogP contribution in [0.4, 0.5) is 5.69 Å². The summed E-state index contributed by atoms with van der Waals surface area (Å²) in [6.07, 6.45) is 6.27. The van der Waals surface area contributed by atoms with Crippen molar-refractivity contribution in [3.05, 3.63) is 47.8 Å². The maximum Gasteiger partial charge on any atom is 0.251 e. The lowest BCUT2D eigenvalue weighted by molar-refractivity contribution is 0.0952. The molecule has 1 aromatic carbocycles. The van der Waals surface area contributed by atoms with Gasteiger partial charge in [0.15, 0.2) is 0 Å². The van der Waals surface area contributed by atoms with Crippen LogP contribution in [0, 0.1) is 0 Å². The Hall–Kier alpha value is -2.35. The highest BCUT2D eigenvalue weighted by molar-refractivity contribution is 7.92. The molecule has 8 heteroatoms. The lowest BCUT2D eigenvalue weighted by Gasteiger charge is -2.29. The Kier molecular flexibility index (Phi) is 4.57. The first-order valence-electron chi connectivity index (χ1n) is 7.81. The molecule has 3 rings (SSSR count). The normalized spacial score (nSPS) is 14.3. The van der Waals surface area contributed by atoms with Gasteiger partial charge < -0.3 is 5.32 Å². The third-order valence-electron chi connectivity index (χ3n) is 4.00. The van der Waals surface area contributed by atoms with E-state index in [1.165, 1.54) is 10.6 Å². The van der Waals surface area contributed by atoms with Gasteiger partial charge in [-0.2, -0.15) is 5.10 Å². The summed E-state index contributed by atoms with van der Waals surface area (Å²) in [5.74, 6) is -0.165. The number of rotatable bonds is 5. The summed E-state index contributed by atoms with van der Waals surface area (Å²) in [6.45, 7) is 1.57. The molecule has 0 unspecified atom stereocenters. The molecule has 1 aromatic heterocycles. The second kappa shape index (κ2) is 6.64. The second-order valence-corrected chi connectivity index (χ2v) is 7.71. The summed E-state index contributed by atoms with van der Waals surface area (Å²) in [4.78, 5) is 12.3. The molecule has 1 aliphatic rings. The average Bonchev–Trinajstić information content (AvgIpc) is 3.06. The highest BCUT2D eigenvalue weighted by Crippen LogP contribution is 2.29. The number of carbonyl (C=O) groups is 1. The highest BCUT2D eigenvalue weighted by atomic mass is 32.2. The number of nitrogens with zero attached hydrogens (tertiary/aromatic N) is 3. The Balaban J connectivity index is 1.70. The third-order valence-corrected chi connectivity index (χ3v) is 5.18. The standard InChI is InChI=1S/C16H20N4O3S/c1-24(22,23)20-10-2-4-13-12-14(5-6-15(13)20)16(21)17-8-11-19-9-3-7-18-19/h3,5-7,9,12H,2,4,8,10-11H2,1H3,(H,17,21). The van der Waals surface area contributed by atoms with Gasteiger partial charge in [0, 0.05) is 31.0 Å². The Morgan fingerprint density at radius 2 is 2.21 bits per heavy atom. The Labute approximate surface area is 141 Å². The van der Waals surface area contributed by atoms with E-state index >= 15 is 0 Å². The van der Waals surface area contributed by atoms with Crippen LogP contribution in [0.2, 0.25) is 0 Å². The van der Waals surface area contributed by atoms with Crippen molar-refractivity contribution >= 4 is 21.6 Å². The van der Waals surface area contributed by atoms with Crippen LogP contribution in [0.5, 0.6) is 0 Å². The van der Waals surface area contributed by atoms with Gasteiger partial charge >= 0.3 is 0 Å². The van der Waals surface area contributed by atoms with Gasteiger partial charge in [0.1, 0.15) is 0 Å². The van der Waals surface area contributed by atoms with E-state index < -0.39 is 10.0 Å². The van der Waals surface area contributed by atoms with Crippen molar-refractivity contribution in [3.63, 3.8) is 0 Å². The fourth-order valence-corrected chi connectivity index (χ4v) is 3.86. The molecule has 0 fully saturated rings. The molecule has 0 spiro atoms. The van der Waals surface area contributed by atoms with E-state index in [0.29, 0.717) is 30.9 Å². The van der Waals surface area contributed by atoms with Crippen molar-refractivity contribution in [2.45, 2.75) is 19.4 Å². The summed E-state index contributed by atoms with van der Waals surface area (Å²) in [6, 6.07) is 7.01. The van der Waals surface area contributed by atoms with Gasteiger partial charge in [-0.3, -0.25) is 13.8 Å². The van der Waals surface area contributed by atoms with Crippen molar-refractivity contribution in [3.8, 4) is 0 Å². The van der Waals surface area contributed by atoms with E-state index in [1.54, 1.807) is 29.1 Å². The van der Waals surface area contributed by atoms with E-state index in [0.717, 1.165) is 18.4 Å². The molecule has 1 N–H and O–H groups in total. The predicted molar refractivity (Wildman–Crippen MR) is 91.5 cm³/mol. The van der Waals surface area contributed by atoms with Crippen molar-refractivity contribution in [1.29, 1.82) is 0 Å². The summed E-state index contributed by atoms with van der Waals surface area (Å²) in [7, 11) is -3.29. The van der Waals surface area contributed by atoms with Crippen molar-refractivity contribution < 1.29 is 13.2 Å². The van der Waals surface area contributed by atoms with Gasteiger partial charge in [0.2, 0.25) is 10.0 Å². The number of hydrogen-bond donors (Lipinski definition) is 1. The summed E-state index contributed by atoms with van der Waals surface area (Å²) >= 11 is 0. The molecule has 0 aliphatic carbocycles. The Morgan fingerprint density at radius 1 is 1.38 bits per heavy atom. The Morgan fingerprint density at radius 3 is 2.92 bits per heavy atom. The van der Waals surface area contributed by atoms with Crippen molar-refractivity contribution in [2.24, 2.45) is 0 Å². The number of hydrogen-bond acceptors (Lipinski definition) is 4. The maximum atomic E-state index is 12.3. The molecular formula is C16H20N4O3S. The van der Waals surface area contributed by atoms with Crippen LogP contribution < -0.4 is 9.62 Å². The molecule has 0 saturated carbocycles. The lowest BCUT2D eigenvalue weighted by atomic mass is 10.0. The van der Waals surface area contributed by atoms with Crippen LogP contribution in [0.15, 0.2) is 36.7 Å². The minimum absolute atomic E-state index is 0.165. The molecule has 0 atom stereocenters. The Bertz CT molecular complexity index is 831. The predicted octanol–water partition coefficient (Wildman–Crippen LogP) is 1.03. The quantitative estimate of drug-likeness (QED) is 0.874.